The molecule has 1 aromatic carbocycles. The fourth-order valence-corrected chi connectivity index (χ4v) is 1.57. The van der Waals surface area contributed by atoms with Crippen molar-refractivity contribution in [3.05, 3.63) is 34.9 Å². The minimum absolute atomic E-state index is 0.241. The molecule has 2 aromatic rings. The highest BCUT2D eigenvalue weighted by Crippen LogP contribution is 2.26. The van der Waals surface area contributed by atoms with E-state index in [1.165, 1.54) is 0 Å². The van der Waals surface area contributed by atoms with E-state index in [2.05, 4.69) is 5.16 Å². The average Bonchev–Trinajstić information content (AvgIpc) is 2.68. The van der Waals surface area contributed by atoms with Crippen LogP contribution in [0.15, 0.2) is 22.7 Å². The van der Waals surface area contributed by atoms with Gasteiger partial charge in [-0.2, -0.15) is 0 Å². The zero-order chi connectivity index (χ0) is 11.7. The predicted octanol–water partition coefficient (Wildman–Crippen LogP) is 2.35. The minimum atomic E-state index is 0.241. The molecule has 0 spiro atoms. The van der Waals surface area contributed by atoms with Gasteiger partial charge in [0.2, 0.25) is 5.88 Å². The van der Waals surface area contributed by atoms with Crippen molar-refractivity contribution in [2.45, 2.75) is 13.8 Å². The Bertz CT molecular complexity index is 544. The molecule has 82 valence electrons. The second-order valence-corrected chi connectivity index (χ2v) is 3.76. The summed E-state index contributed by atoms with van der Waals surface area (Å²) in [7, 11) is 0. The van der Waals surface area contributed by atoms with Crippen LogP contribution in [-0.4, -0.2) is 11.4 Å². The van der Waals surface area contributed by atoms with Crippen LogP contribution in [-0.2, 0) is 0 Å². The Morgan fingerprint density at radius 3 is 2.50 bits per heavy atom. The lowest BCUT2D eigenvalue weighted by Crippen LogP contribution is -1.92. The van der Waals surface area contributed by atoms with Crippen LogP contribution in [0.5, 0.6) is 0 Å². The Labute approximate surface area is 93.1 Å². The van der Waals surface area contributed by atoms with Crippen LogP contribution in [0.25, 0.3) is 11.3 Å². The first-order valence-electron chi connectivity index (χ1n) is 4.91. The van der Waals surface area contributed by atoms with E-state index in [4.69, 9.17) is 10.3 Å². The summed E-state index contributed by atoms with van der Waals surface area (Å²) in [5.41, 5.74) is 9.56. The zero-order valence-electron chi connectivity index (χ0n) is 9.15. The normalized spacial score (nSPS) is 10.4. The van der Waals surface area contributed by atoms with Crippen LogP contribution in [0.2, 0.25) is 0 Å². The molecule has 0 bridgehead atoms. The number of aryl methyl sites for hydroxylation is 2. The van der Waals surface area contributed by atoms with E-state index >= 15 is 0 Å². The number of carbonyl (C=O) groups is 1. The third-order valence-electron chi connectivity index (χ3n) is 2.60. The van der Waals surface area contributed by atoms with Gasteiger partial charge in [-0.3, -0.25) is 4.79 Å². The molecule has 0 saturated carbocycles. The predicted molar refractivity (Wildman–Crippen MR) is 61.2 cm³/mol. The number of hydrogen-bond acceptors (Lipinski definition) is 4. The van der Waals surface area contributed by atoms with Gasteiger partial charge >= 0.3 is 0 Å². The van der Waals surface area contributed by atoms with Crippen LogP contribution >= 0.6 is 0 Å². The highest BCUT2D eigenvalue weighted by molar-refractivity contribution is 5.87. The van der Waals surface area contributed by atoms with E-state index < -0.39 is 0 Å². The maximum Gasteiger partial charge on any atom is 0.222 e. The lowest BCUT2D eigenvalue weighted by atomic mass is 9.98. The van der Waals surface area contributed by atoms with Crippen molar-refractivity contribution in [1.82, 2.24) is 5.16 Å². The van der Waals surface area contributed by atoms with Crippen molar-refractivity contribution >= 4 is 12.2 Å². The van der Waals surface area contributed by atoms with Crippen molar-refractivity contribution < 1.29 is 9.32 Å². The lowest BCUT2D eigenvalue weighted by molar-refractivity contribution is 0.112. The molecule has 0 unspecified atom stereocenters. The van der Waals surface area contributed by atoms with E-state index in [-0.39, 0.29) is 5.88 Å². The number of nitrogens with two attached hydrogens (primary N) is 1. The van der Waals surface area contributed by atoms with E-state index in [0.717, 1.165) is 23.0 Å². The van der Waals surface area contributed by atoms with Crippen LogP contribution < -0.4 is 5.73 Å². The third kappa shape index (κ3) is 1.69. The van der Waals surface area contributed by atoms with Crippen molar-refractivity contribution in [1.29, 1.82) is 0 Å². The first-order valence-corrected chi connectivity index (χ1v) is 4.91. The number of nitrogens with zero attached hydrogens (tertiary/aromatic N) is 1. The van der Waals surface area contributed by atoms with Crippen LogP contribution in [0.4, 0.5) is 5.88 Å². The fraction of sp³-hybridized carbons (Fsp3) is 0.167. The molecule has 1 heterocycles. The second kappa shape index (κ2) is 3.81. The number of nitrogen functional groups attached to an aromatic ring is 1. The van der Waals surface area contributed by atoms with Gasteiger partial charge in [-0.15, -0.1) is 0 Å². The summed E-state index contributed by atoms with van der Waals surface area (Å²) in [6.07, 6.45) is 0.812. The van der Waals surface area contributed by atoms with Gasteiger partial charge in [0.05, 0.1) is 0 Å². The lowest BCUT2D eigenvalue weighted by Gasteiger charge is -2.05. The maximum absolute atomic E-state index is 11.0. The number of benzene rings is 1. The molecule has 0 fully saturated rings. The molecule has 0 aliphatic carbocycles. The molecule has 2 N–H and O–H groups in total. The zero-order valence-corrected chi connectivity index (χ0v) is 9.15. The summed E-state index contributed by atoms with van der Waals surface area (Å²) in [6.45, 7) is 3.94. The van der Waals surface area contributed by atoms with Crippen LogP contribution in [0, 0.1) is 13.8 Å². The second-order valence-electron chi connectivity index (χ2n) is 3.76. The summed E-state index contributed by atoms with van der Waals surface area (Å²) < 4.78 is 4.80. The Balaban J connectivity index is 2.63. The number of hydrogen-bond donors (Lipinski definition) is 1. The van der Waals surface area contributed by atoms with Gasteiger partial charge in [0.1, 0.15) is 5.69 Å². The van der Waals surface area contributed by atoms with Gasteiger partial charge in [0.15, 0.2) is 6.29 Å². The van der Waals surface area contributed by atoms with Crippen molar-refractivity contribution in [3.8, 4) is 11.3 Å². The monoisotopic (exact) mass is 216 g/mol. The Hall–Kier alpha value is -2.10. The number of aldehydes is 1. The molecule has 0 saturated heterocycles. The molecular formula is C12H12N2O2. The number of rotatable bonds is 2. The largest absolute Gasteiger partial charge is 0.368 e. The SMILES string of the molecule is Cc1cc(C=O)c(-c2cc(N)on2)cc1C. The third-order valence-corrected chi connectivity index (χ3v) is 2.60. The van der Waals surface area contributed by atoms with Crippen LogP contribution in [0.1, 0.15) is 21.5 Å². The number of anilines is 1. The molecule has 0 atom stereocenters. The molecule has 16 heavy (non-hydrogen) atoms. The molecule has 4 heteroatoms. The highest BCUT2D eigenvalue weighted by Gasteiger charge is 2.10. The standard InChI is InChI=1S/C12H12N2O2/c1-7-3-9(6-15)10(4-8(7)2)11-5-12(13)16-14-11/h3-6H,13H2,1-2H3. The maximum atomic E-state index is 11.0. The van der Waals surface area contributed by atoms with E-state index in [9.17, 15) is 4.79 Å². The summed E-state index contributed by atoms with van der Waals surface area (Å²) in [5, 5.41) is 3.81. The summed E-state index contributed by atoms with van der Waals surface area (Å²) in [5.74, 6) is 0.241. The average molecular weight is 216 g/mol. The summed E-state index contributed by atoms with van der Waals surface area (Å²) in [4.78, 5) is 11.0. The van der Waals surface area contributed by atoms with Crippen molar-refractivity contribution in [2.24, 2.45) is 0 Å². The highest BCUT2D eigenvalue weighted by atomic mass is 16.5. The fourth-order valence-electron chi connectivity index (χ4n) is 1.57. The van der Waals surface area contributed by atoms with Gasteiger partial charge in [0.25, 0.3) is 0 Å². The first kappa shape index (κ1) is 10.4. The molecule has 2 rings (SSSR count). The van der Waals surface area contributed by atoms with E-state index in [1.807, 2.05) is 26.0 Å². The Morgan fingerprint density at radius 2 is 1.94 bits per heavy atom. The smallest absolute Gasteiger partial charge is 0.222 e. The topological polar surface area (TPSA) is 69.1 Å². The van der Waals surface area contributed by atoms with Crippen LogP contribution in [0.3, 0.4) is 0 Å². The summed E-state index contributed by atoms with van der Waals surface area (Å²) in [6, 6.07) is 5.36. The van der Waals surface area contributed by atoms with E-state index in [0.29, 0.717) is 11.3 Å². The van der Waals surface area contributed by atoms with Crippen molar-refractivity contribution in [3.63, 3.8) is 0 Å². The number of aromatic nitrogens is 1. The quantitative estimate of drug-likeness (QED) is 0.782. The molecule has 0 amide bonds. The van der Waals surface area contributed by atoms with E-state index in [1.54, 1.807) is 6.07 Å². The van der Waals surface area contributed by atoms with Gasteiger partial charge in [-0.05, 0) is 37.1 Å². The molecule has 0 aliphatic rings. The van der Waals surface area contributed by atoms with Gasteiger partial charge in [-0.25, -0.2) is 0 Å². The minimum Gasteiger partial charge on any atom is -0.368 e. The van der Waals surface area contributed by atoms with Gasteiger partial charge in [-0.1, -0.05) is 5.16 Å². The Morgan fingerprint density at radius 1 is 1.25 bits per heavy atom. The summed E-state index contributed by atoms with van der Waals surface area (Å²) >= 11 is 0. The molecule has 4 nitrogen and oxygen atoms in total. The first-order chi connectivity index (χ1) is 7.61. The van der Waals surface area contributed by atoms with Gasteiger partial charge < -0.3 is 10.3 Å². The molecular weight excluding hydrogens is 204 g/mol. The van der Waals surface area contributed by atoms with Gasteiger partial charge in [0, 0.05) is 17.2 Å². The number of carbonyl (C=O) groups excluding carboxylic acids is 1. The Kier molecular flexibility index (Phi) is 2.48. The molecule has 1 aromatic heterocycles. The van der Waals surface area contributed by atoms with Crippen molar-refractivity contribution in [2.75, 3.05) is 5.73 Å². The molecule has 0 radical (unpaired) electrons. The molecule has 0 aliphatic heterocycles.